The number of hydrogen-bond acceptors (Lipinski definition) is 3. The van der Waals surface area contributed by atoms with Gasteiger partial charge in [-0.2, -0.15) is 4.39 Å². The van der Waals surface area contributed by atoms with Gasteiger partial charge < -0.3 is 5.32 Å². The Balaban J connectivity index is 1.73. The highest BCUT2D eigenvalue weighted by Gasteiger charge is 2.14. The average molecular weight is 280 g/mol. The van der Waals surface area contributed by atoms with Gasteiger partial charge in [0.15, 0.2) is 0 Å². The maximum absolute atomic E-state index is 13.4. The van der Waals surface area contributed by atoms with E-state index in [1.807, 2.05) is 0 Å². The van der Waals surface area contributed by atoms with Crippen LogP contribution < -0.4 is 5.32 Å². The minimum Gasteiger partial charge on any atom is -0.313 e. The summed E-state index contributed by atoms with van der Waals surface area (Å²) in [6.07, 6.45) is 7.87. The molecule has 0 spiro atoms. The first-order chi connectivity index (χ1) is 9.66. The molecular formula is C15H21FN2O2. The van der Waals surface area contributed by atoms with Crippen molar-refractivity contribution in [3.05, 3.63) is 39.7 Å². The third-order valence-corrected chi connectivity index (χ3v) is 3.99. The van der Waals surface area contributed by atoms with Gasteiger partial charge in [-0.25, -0.2) is 0 Å². The third-order valence-electron chi connectivity index (χ3n) is 3.99. The van der Waals surface area contributed by atoms with Gasteiger partial charge in [0.2, 0.25) is 5.82 Å². The van der Waals surface area contributed by atoms with E-state index in [1.54, 1.807) is 6.07 Å². The van der Waals surface area contributed by atoms with E-state index in [-0.39, 0.29) is 0 Å². The van der Waals surface area contributed by atoms with Gasteiger partial charge in [-0.05, 0) is 30.5 Å². The summed E-state index contributed by atoms with van der Waals surface area (Å²) in [6.45, 7) is 1.48. The maximum atomic E-state index is 13.4. The minimum atomic E-state index is -0.762. The van der Waals surface area contributed by atoms with Crippen LogP contribution >= 0.6 is 0 Å². The average Bonchev–Trinajstić information content (AvgIpc) is 2.44. The summed E-state index contributed by atoms with van der Waals surface area (Å²) in [4.78, 5) is 9.82. The molecule has 0 bridgehead atoms. The topological polar surface area (TPSA) is 55.2 Å². The molecule has 0 aliphatic heterocycles. The number of nitrogens with one attached hydrogen (secondary N) is 1. The number of nitrogens with zero attached hydrogens (tertiary/aromatic N) is 1. The lowest BCUT2D eigenvalue weighted by Crippen LogP contribution is -2.19. The van der Waals surface area contributed by atoms with E-state index in [4.69, 9.17) is 0 Å². The van der Waals surface area contributed by atoms with Crippen molar-refractivity contribution in [3.8, 4) is 0 Å². The SMILES string of the molecule is O=[N+]([O-])c1ccc(CNCCC2CCCCC2)cc1F. The molecule has 110 valence electrons. The second kappa shape index (κ2) is 7.33. The van der Waals surface area contributed by atoms with Crippen LogP contribution in [0.2, 0.25) is 0 Å². The van der Waals surface area contributed by atoms with Crippen LogP contribution in [-0.2, 0) is 6.54 Å². The molecule has 2 rings (SSSR count). The van der Waals surface area contributed by atoms with Crippen LogP contribution in [0.15, 0.2) is 18.2 Å². The number of halogens is 1. The van der Waals surface area contributed by atoms with Crippen LogP contribution in [0.5, 0.6) is 0 Å². The van der Waals surface area contributed by atoms with E-state index in [0.717, 1.165) is 24.4 Å². The van der Waals surface area contributed by atoms with E-state index < -0.39 is 16.4 Å². The number of rotatable bonds is 6. The van der Waals surface area contributed by atoms with Gasteiger partial charge >= 0.3 is 5.69 Å². The molecule has 1 aliphatic rings. The zero-order valence-corrected chi connectivity index (χ0v) is 11.6. The lowest BCUT2D eigenvalue weighted by atomic mass is 9.87. The van der Waals surface area contributed by atoms with Crippen molar-refractivity contribution in [3.63, 3.8) is 0 Å². The normalized spacial score (nSPS) is 16.2. The van der Waals surface area contributed by atoms with Crippen LogP contribution in [0.1, 0.15) is 44.1 Å². The highest BCUT2D eigenvalue weighted by atomic mass is 19.1. The van der Waals surface area contributed by atoms with Crippen molar-refractivity contribution in [1.82, 2.24) is 5.32 Å². The first kappa shape index (κ1) is 14.9. The predicted octanol–water partition coefficient (Wildman–Crippen LogP) is 3.79. The van der Waals surface area contributed by atoms with Gasteiger partial charge in [0, 0.05) is 12.6 Å². The largest absolute Gasteiger partial charge is 0.313 e. The highest BCUT2D eigenvalue weighted by Crippen LogP contribution is 2.25. The predicted molar refractivity (Wildman–Crippen MR) is 76.0 cm³/mol. The standard InChI is InChI=1S/C15H21FN2O2/c16-14-10-13(6-7-15(14)18(19)20)11-17-9-8-12-4-2-1-3-5-12/h6-7,10,12,17H,1-5,8-9,11H2. The van der Waals surface area contributed by atoms with Gasteiger partial charge in [-0.1, -0.05) is 38.2 Å². The summed E-state index contributed by atoms with van der Waals surface area (Å²) >= 11 is 0. The molecule has 0 radical (unpaired) electrons. The molecule has 1 aliphatic carbocycles. The molecule has 0 atom stereocenters. The first-order valence-electron chi connectivity index (χ1n) is 7.30. The fourth-order valence-corrected chi connectivity index (χ4v) is 2.82. The Morgan fingerprint density at radius 1 is 1.30 bits per heavy atom. The van der Waals surface area contributed by atoms with Crippen molar-refractivity contribution in [2.45, 2.75) is 45.1 Å². The second-order valence-electron chi connectivity index (χ2n) is 5.51. The van der Waals surface area contributed by atoms with Crippen LogP contribution in [0.3, 0.4) is 0 Å². The monoisotopic (exact) mass is 280 g/mol. The number of benzene rings is 1. The zero-order valence-electron chi connectivity index (χ0n) is 11.6. The van der Waals surface area contributed by atoms with Crippen LogP contribution in [-0.4, -0.2) is 11.5 Å². The summed E-state index contributed by atoms with van der Waals surface area (Å²) in [5, 5.41) is 13.8. The number of hydrogen-bond donors (Lipinski definition) is 1. The molecule has 0 heterocycles. The smallest absolute Gasteiger partial charge is 0.304 e. The van der Waals surface area contributed by atoms with Gasteiger partial charge in [0.1, 0.15) is 0 Å². The number of nitro benzene ring substituents is 1. The van der Waals surface area contributed by atoms with Crippen molar-refractivity contribution < 1.29 is 9.31 Å². The molecule has 1 aromatic rings. The molecule has 1 saturated carbocycles. The molecule has 5 heteroatoms. The number of nitro groups is 1. The highest BCUT2D eigenvalue weighted by molar-refractivity contribution is 5.34. The third kappa shape index (κ3) is 4.27. The van der Waals surface area contributed by atoms with E-state index in [9.17, 15) is 14.5 Å². The first-order valence-corrected chi connectivity index (χ1v) is 7.30. The second-order valence-corrected chi connectivity index (χ2v) is 5.51. The Bertz CT molecular complexity index is 459. The van der Waals surface area contributed by atoms with E-state index in [0.29, 0.717) is 6.54 Å². The van der Waals surface area contributed by atoms with Gasteiger partial charge in [-0.3, -0.25) is 10.1 Å². The van der Waals surface area contributed by atoms with Crippen molar-refractivity contribution in [2.75, 3.05) is 6.54 Å². The maximum Gasteiger partial charge on any atom is 0.304 e. The molecule has 20 heavy (non-hydrogen) atoms. The fourth-order valence-electron chi connectivity index (χ4n) is 2.82. The van der Waals surface area contributed by atoms with Crippen LogP contribution in [0, 0.1) is 21.8 Å². The Morgan fingerprint density at radius 2 is 2.05 bits per heavy atom. The fraction of sp³-hybridized carbons (Fsp3) is 0.600. The summed E-state index contributed by atoms with van der Waals surface area (Å²) in [7, 11) is 0. The molecule has 4 nitrogen and oxygen atoms in total. The summed E-state index contributed by atoms with van der Waals surface area (Å²) in [5.41, 5.74) is 0.285. The van der Waals surface area contributed by atoms with Gasteiger partial charge in [0.25, 0.3) is 0 Å². The van der Waals surface area contributed by atoms with E-state index in [2.05, 4.69) is 5.32 Å². The van der Waals surface area contributed by atoms with Crippen molar-refractivity contribution >= 4 is 5.69 Å². The molecular weight excluding hydrogens is 259 g/mol. The summed E-state index contributed by atoms with van der Waals surface area (Å²) < 4.78 is 13.4. The lowest BCUT2D eigenvalue weighted by Gasteiger charge is -2.21. The summed E-state index contributed by atoms with van der Waals surface area (Å²) in [5.74, 6) is 0.0615. The molecule has 1 aromatic carbocycles. The molecule has 0 aromatic heterocycles. The molecule has 1 N–H and O–H groups in total. The quantitative estimate of drug-likeness (QED) is 0.490. The van der Waals surface area contributed by atoms with Crippen molar-refractivity contribution in [1.29, 1.82) is 0 Å². The summed E-state index contributed by atoms with van der Waals surface area (Å²) in [6, 6.07) is 4.08. The Labute approximate surface area is 118 Å². The molecule has 0 unspecified atom stereocenters. The lowest BCUT2D eigenvalue weighted by molar-refractivity contribution is -0.387. The van der Waals surface area contributed by atoms with E-state index in [1.165, 1.54) is 44.2 Å². The Kier molecular flexibility index (Phi) is 5.47. The molecule has 0 amide bonds. The van der Waals surface area contributed by atoms with E-state index >= 15 is 0 Å². The van der Waals surface area contributed by atoms with Crippen LogP contribution in [0.25, 0.3) is 0 Å². The zero-order chi connectivity index (χ0) is 14.4. The minimum absolute atomic E-state index is 0.462. The van der Waals surface area contributed by atoms with Gasteiger partial charge in [-0.15, -0.1) is 0 Å². The molecule has 1 fully saturated rings. The van der Waals surface area contributed by atoms with Crippen molar-refractivity contribution in [2.24, 2.45) is 5.92 Å². The van der Waals surface area contributed by atoms with Crippen LogP contribution in [0.4, 0.5) is 10.1 Å². The Hall–Kier alpha value is -1.49. The molecule has 0 saturated heterocycles. The van der Waals surface area contributed by atoms with Gasteiger partial charge in [0.05, 0.1) is 4.92 Å². The Morgan fingerprint density at radius 3 is 2.70 bits per heavy atom.